The molecule has 0 saturated carbocycles. The van der Waals surface area contributed by atoms with Crippen molar-refractivity contribution in [2.75, 3.05) is 13.2 Å². The molecule has 0 N–H and O–H groups in total. The van der Waals surface area contributed by atoms with Gasteiger partial charge in [-0.3, -0.25) is 0 Å². The Balaban J connectivity index is 0. The minimum absolute atomic E-state index is 0. The van der Waals surface area contributed by atoms with E-state index in [0.717, 1.165) is 13.2 Å². The van der Waals surface area contributed by atoms with Crippen LogP contribution < -0.4 is 34.4 Å². The Morgan fingerprint density at radius 3 is 1.45 bits per heavy atom. The fourth-order valence-electron chi connectivity index (χ4n) is 0.510. The second kappa shape index (κ2) is 7.77. The largest absolute Gasteiger partial charge is 1.00 e. The molecule has 0 aromatic heterocycles. The van der Waals surface area contributed by atoms with Crippen LogP contribution in [0.15, 0.2) is 0 Å². The van der Waals surface area contributed by atoms with Crippen molar-refractivity contribution in [3.8, 4) is 0 Å². The molecular weight excluding hydrogens is 167 g/mol. The van der Waals surface area contributed by atoms with E-state index in [2.05, 4.69) is 0 Å². The topological polar surface area (TPSA) is 32.3 Å². The summed E-state index contributed by atoms with van der Waals surface area (Å²) in [5, 5.41) is 0. The van der Waals surface area contributed by atoms with Crippen LogP contribution in [-0.2, 0) is 4.74 Å². The first-order valence-electron chi connectivity index (χ1n) is 3.78. The monoisotopic (exact) mass is 184 g/mol. The molecule has 2 nitrogen and oxygen atoms in total. The van der Waals surface area contributed by atoms with E-state index in [1.165, 1.54) is 12.8 Å². The van der Waals surface area contributed by atoms with Crippen LogP contribution in [0.2, 0.25) is 19.6 Å². The average Bonchev–Trinajstić information content (AvgIpc) is 2.07. The van der Waals surface area contributed by atoms with Crippen LogP contribution in [0.1, 0.15) is 12.8 Å². The maximum atomic E-state index is 10.2. The molecule has 1 fully saturated rings. The van der Waals surface area contributed by atoms with Crippen molar-refractivity contribution >= 4 is 8.32 Å². The molecule has 1 aliphatic rings. The summed E-state index contributed by atoms with van der Waals surface area (Å²) in [6, 6.07) is 0. The maximum Gasteiger partial charge on any atom is 1.00 e. The van der Waals surface area contributed by atoms with Crippen LogP contribution in [0.3, 0.4) is 0 Å². The van der Waals surface area contributed by atoms with E-state index < -0.39 is 8.32 Å². The Kier molecular flexibility index (Phi) is 10.3. The van der Waals surface area contributed by atoms with Crippen molar-refractivity contribution < 1.29 is 39.1 Å². The van der Waals surface area contributed by atoms with Crippen LogP contribution >= 0.6 is 0 Å². The molecule has 0 unspecified atom stereocenters. The smallest absolute Gasteiger partial charge is 0.859 e. The molecule has 1 heterocycles. The molecule has 0 amide bonds. The summed E-state index contributed by atoms with van der Waals surface area (Å²) >= 11 is 0. The van der Waals surface area contributed by atoms with Gasteiger partial charge in [-0.15, -0.1) is 0 Å². The van der Waals surface area contributed by atoms with Crippen molar-refractivity contribution in [2.24, 2.45) is 0 Å². The van der Waals surface area contributed by atoms with E-state index in [-0.39, 0.29) is 29.6 Å². The van der Waals surface area contributed by atoms with Crippen molar-refractivity contribution in [1.82, 2.24) is 0 Å². The second-order valence-electron chi connectivity index (χ2n) is 3.43. The summed E-state index contributed by atoms with van der Waals surface area (Å²) in [4.78, 5) is 10.2. The van der Waals surface area contributed by atoms with Crippen molar-refractivity contribution in [3.63, 3.8) is 0 Å². The van der Waals surface area contributed by atoms with Gasteiger partial charge in [-0.1, -0.05) is 28.0 Å². The molecular formula is C7H17NaO2Si. The zero-order valence-corrected chi connectivity index (χ0v) is 11.1. The van der Waals surface area contributed by atoms with Gasteiger partial charge in [0.25, 0.3) is 0 Å². The van der Waals surface area contributed by atoms with Crippen LogP contribution in [0.5, 0.6) is 0 Å². The third-order valence-electron chi connectivity index (χ3n) is 0.827. The van der Waals surface area contributed by atoms with E-state index >= 15 is 0 Å². The fraction of sp³-hybridized carbons (Fsp3) is 1.00. The molecule has 1 aliphatic heterocycles. The first kappa shape index (κ1) is 14.6. The molecule has 0 aromatic carbocycles. The predicted molar refractivity (Wildman–Crippen MR) is 43.4 cm³/mol. The van der Waals surface area contributed by atoms with E-state index in [4.69, 9.17) is 4.74 Å². The Morgan fingerprint density at radius 2 is 1.36 bits per heavy atom. The van der Waals surface area contributed by atoms with Gasteiger partial charge in [-0.25, -0.2) is 0 Å². The van der Waals surface area contributed by atoms with Gasteiger partial charge >= 0.3 is 29.6 Å². The summed E-state index contributed by atoms with van der Waals surface area (Å²) in [6.45, 7) is 7.31. The number of hydrogen-bond acceptors (Lipinski definition) is 2. The molecule has 0 atom stereocenters. The quantitative estimate of drug-likeness (QED) is 0.407. The Hall–Kier alpha value is 1.14. The van der Waals surface area contributed by atoms with Gasteiger partial charge in [0.2, 0.25) is 0 Å². The van der Waals surface area contributed by atoms with Gasteiger partial charge in [0.1, 0.15) is 0 Å². The van der Waals surface area contributed by atoms with Crippen LogP contribution in [0, 0.1) is 0 Å². The maximum absolute atomic E-state index is 10.2. The Labute approximate surface area is 92.8 Å². The first-order valence-corrected chi connectivity index (χ1v) is 7.19. The molecule has 1 saturated heterocycles. The van der Waals surface area contributed by atoms with Gasteiger partial charge in [-0.05, 0) is 12.8 Å². The number of rotatable bonds is 0. The summed E-state index contributed by atoms with van der Waals surface area (Å²) in [5.41, 5.74) is 0. The zero-order valence-electron chi connectivity index (χ0n) is 8.14. The van der Waals surface area contributed by atoms with E-state index in [1.807, 2.05) is 0 Å². The normalized spacial score (nSPS) is 16.4. The standard InChI is InChI=1S/C4H8O.C3H9OSi.Na/c1-2-4-5-3-1;1-5(2,3)4;/h1-4H2;1-3H3;/q;-1;+1. The second-order valence-corrected chi connectivity index (χ2v) is 7.66. The van der Waals surface area contributed by atoms with E-state index in [0.29, 0.717) is 0 Å². The number of ether oxygens (including phenoxy) is 1. The molecule has 0 bridgehead atoms. The molecule has 11 heavy (non-hydrogen) atoms. The molecule has 62 valence electrons. The molecule has 0 aliphatic carbocycles. The van der Waals surface area contributed by atoms with Gasteiger partial charge in [0.15, 0.2) is 0 Å². The van der Waals surface area contributed by atoms with Gasteiger partial charge in [0, 0.05) is 13.2 Å². The average molecular weight is 184 g/mol. The van der Waals surface area contributed by atoms with Crippen molar-refractivity contribution in [1.29, 1.82) is 0 Å². The van der Waals surface area contributed by atoms with Crippen LogP contribution in [0.4, 0.5) is 0 Å². The third kappa shape index (κ3) is 24.7. The zero-order chi connectivity index (χ0) is 8.04. The summed E-state index contributed by atoms with van der Waals surface area (Å²) in [6.07, 6.45) is 2.56. The molecule has 0 radical (unpaired) electrons. The van der Waals surface area contributed by atoms with Gasteiger partial charge < -0.3 is 9.53 Å². The minimum atomic E-state index is -1.86. The molecule has 0 aromatic rings. The summed E-state index contributed by atoms with van der Waals surface area (Å²) in [5.74, 6) is 0. The molecule has 0 spiro atoms. The predicted octanol–water partition coefficient (Wildman–Crippen LogP) is -2.02. The SMILES string of the molecule is C1CCOC1.C[Si](C)(C)[O-].[Na+]. The van der Waals surface area contributed by atoms with Crippen molar-refractivity contribution in [3.05, 3.63) is 0 Å². The Morgan fingerprint density at radius 1 is 1.09 bits per heavy atom. The van der Waals surface area contributed by atoms with Crippen LogP contribution in [0.25, 0.3) is 0 Å². The van der Waals surface area contributed by atoms with Gasteiger partial charge in [-0.2, -0.15) is 0 Å². The number of hydrogen-bond donors (Lipinski definition) is 0. The minimum Gasteiger partial charge on any atom is -0.859 e. The summed E-state index contributed by atoms with van der Waals surface area (Å²) < 4.78 is 4.94. The first-order chi connectivity index (χ1) is 4.50. The molecule has 4 heteroatoms. The summed E-state index contributed by atoms with van der Waals surface area (Å²) in [7, 11) is -1.86. The van der Waals surface area contributed by atoms with Crippen LogP contribution in [-0.4, -0.2) is 21.5 Å². The van der Waals surface area contributed by atoms with E-state index in [9.17, 15) is 4.80 Å². The molecule has 1 rings (SSSR count). The fourth-order valence-corrected chi connectivity index (χ4v) is 0.510. The van der Waals surface area contributed by atoms with Gasteiger partial charge in [0.05, 0.1) is 0 Å². The van der Waals surface area contributed by atoms with E-state index in [1.54, 1.807) is 19.6 Å². The third-order valence-corrected chi connectivity index (χ3v) is 0.827. The van der Waals surface area contributed by atoms with Crippen molar-refractivity contribution in [2.45, 2.75) is 32.5 Å². The Bertz CT molecular complexity index is 65.4.